The third-order valence-corrected chi connectivity index (χ3v) is 2.37. The lowest BCUT2D eigenvalue weighted by Gasteiger charge is -2.15. The highest BCUT2D eigenvalue weighted by atomic mass is 16.4. The van der Waals surface area contributed by atoms with Crippen LogP contribution in [0.1, 0.15) is 35.9 Å². The van der Waals surface area contributed by atoms with Crippen molar-refractivity contribution in [2.75, 3.05) is 0 Å². The number of carbonyl (C=O) groups is 1. The van der Waals surface area contributed by atoms with Gasteiger partial charge in [0.15, 0.2) is 5.84 Å². The average Bonchev–Trinajstić information content (AvgIpc) is 2.38. The summed E-state index contributed by atoms with van der Waals surface area (Å²) in [6.07, 6.45) is 4.27. The number of amides is 1. The first-order valence-electron chi connectivity index (χ1n) is 5.65. The number of oxime groups is 1. The minimum atomic E-state index is -0.504. The maximum Gasteiger partial charge on any atom is 0.272 e. The summed E-state index contributed by atoms with van der Waals surface area (Å²) < 4.78 is 0. The van der Waals surface area contributed by atoms with Crippen molar-refractivity contribution < 1.29 is 10.0 Å². The van der Waals surface area contributed by atoms with Gasteiger partial charge in [-0.25, -0.2) is 4.98 Å². The fourth-order valence-electron chi connectivity index (χ4n) is 1.39. The molecule has 1 rings (SSSR count). The topological polar surface area (TPSA) is 113 Å². The molecule has 18 heavy (non-hydrogen) atoms. The lowest BCUT2D eigenvalue weighted by molar-refractivity contribution is 0.0939. The van der Waals surface area contributed by atoms with E-state index in [9.17, 15) is 4.79 Å². The quantitative estimate of drug-likeness (QED) is 0.304. The standard InChI is InChI=1S/C11H17N5O2/c1-3-4-8(10(12)16-18)15-11(17)9-6-13-7(2)5-14-9/h5-6,8,18H,3-4H2,1-2H3,(H2,12,16)(H,15,17). The number of hydrogen-bond acceptors (Lipinski definition) is 5. The first-order valence-corrected chi connectivity index (χ1v) is 5.65. The summed E-state index contributed by atoms with van der Waals surface area (Å²) in [5.41, 5.74) is 6.43. The van der Waals surface area contributed by atoms with Gasteiger partial charge in [-0.1, -0.05) is 18.5 Å². The number of rotatable bonds is 5. The maximum atomic E-state index is 11.9. The Balaban J connectivity index is 2.75. The second-order valence-corrected chi connectivity index (χ2v) is 3.88. The van der Waals surface area contributed by atoms with Gasteiger partial charge in [0.1, 0.15) is 5.69 Å². The third-order valence-electron chi connectivity index (χ3n) is 2.37. The highest BCUT2D eigenvalue weighted by Gasteiger charge is 2.17. The van der Waals surface area contributed by atoms with Gasteiger partial charge in [0.05, 0.1) is 17.9 Å². The van der Waals surface area contributed by atoms with E-state index >= 15 is 0 Å². The third kappa shape index (κ3) is 3.69. The van der Waals surface area contributed by atoms with Crippen molar-refractivity contribution in [2.24, 2.45) is 10.9 Å². The van der Waals surface area contributed by atoms with Crippen LogP contribution in [0.3, 0.4) is 0 Å². The minimum Gasteiger partial charge on any atom is -0.409 e. The molecular weight excluding hydrogens is 234 g/mol. The summed E-state index contributed by atoms with van der Waals surface area (Å²) in [7, 11) is 0. The molecule has 4 N–H and O–H groups in total. The molecule has 0 radical (unpaired) electrons. The number of carbonyl (C=O) groups excluding carboxylic acids is 1. The number of nitrogens with one attached hydrogen (secondary N) is 1. The van der Waals surface area contributed by atoms with Gasteiger partial charge in [-0.15, -0.1) is 0 Å². The van der Waals surface area contributed by atoms with Crippen LogP contribution in [0.25, 0.3) is 0 Å². The summed E-state index contributed by atoms with van der Waals surface area (Å²) in [4.78, 5) is 19.8. The number of amidine groups is 1. The number of aryl methyl sites for hydroxylation is 1. The highest BCUT2D eigenvalue weighted by Crippen LogP contribution is 2.00. The molecule has 1 unspecified atom stereocenters. The lowest BCUT2D eigenvalue weighted by Crippen LogP contribution is -2.44. The molecule has 1 atom stereocenters. The summed E-state index contributed by atoms with van der Waals surface area (Å²) in [6.45, 7) is 3.72. The van der Waals surface area contributed by atoms with Gasteiger partial charge in [-0.05, 0) is 13.3 Å². The van der Waals surface area contributed by atoms with E-state index in [1.807, 2.05) is 6.92 Å². The van der Waals surface area contributed by atoms with E-state index in [1.165, 1.54) is 12.4 Å². The van der Waals surface area contributed by atoms with Gasteiger partial charge in [-0.3, -0.25) is 9.78 Å². The zero-order chi connectivity index (χ0) is 13.5. The molecule has 0 aliphatic rings. The molecule has 1 aromatic rings. The highest BCUT2D eigenvalue weighted by molar-refractivity contribution is 5.96. The SMILES string of the molecule is CCCC(NC(=O)c1cnc(C)cn1)/C(N)=N/O. The summed E-state index contributed by atoms with van der Waals surface area (Å²) in [5, 5.41) is 14.2. The van der Waals surface area contributed by atoms with Gasteiger partial charge in [0.25, 0.3) is 5.91 Å². The Hall–Kier alpha value is -2.18. The van der Waals surface area contributed by atoms with Crippen LogP contribution in [-0.4, -0.2) is 33.0 Å². The molecular formula is C11H17N5O2. The van der Waals surface area contributed by atoms with Crippen LogP contribution < -0.4 is 11.1 Å². The Morgan fingerprint density at radius 1 is 1.56 bits per heavy atom. The minimum absolute atomic E-state index is 0.0229. The van der Waals surface area contributed by atoms with Crippen molar-refractivity contribution in [1.82, 2.24) is 15.3 Å². The maximum absolute atomic E-state index is 11.9. The molecule has 1 heterocycles. The number of nitrogens with zero attached hydrogens (tertiary/aromatic N) is 3. The average molecular weight is 251 g/mol. The van der Waals surface area contributed by atoms with Crippen molar-refractivity contribution >= 4 is 11.7 Å². The van der Waals surface area contributed by atoms with Crippen LogP contribution >= 0.6 is 0 Å². The zero-order valence-electron chi connectivity index (χ0n) is 10.4. The molecule has 98 valence electrons. The van der Waals surface area contributed by atoms with Gasteiger partial charge < -0.3 is 16.3 Å². The normalized spacial score (nSPS) is 13.1. The van der Waals surface area contributed by atoms with E-state index in [-0.39, 0.29) is 11.5 Å². The fourth-order valence-corrected chi connectivity index (χ4v) is 1.39. The van der Waals surface area contributed by atoms with E-state index < -0.39 is 11.9 Å². The van der Waals surface area contributed by atoms with Crippen molar-refractivity contribution in [1.29, 1.82) is 0 Å². The van der Waals surface area contributed by atoms with E-state index in [1.54, 1.807) is 6.92 Å². The van der Waals surface area contributed by atoms with Crippen LogP contribution in [0.5, 0.6) is 0 Å². The Kier molecular flexibility index (Phi) is 5.04. The smallest absolute Gasteiger partial charge is 0.272 e. The van der Waals surface area contributed by atoms with E-state index in [0.717, 1.165) is 12.1 Å². The molecule has 1 amide bonds. The Bertz CT molecular complexity index is 430. The van der Waals surface area contributed by atoms with Gasteiger partial charge in [-0.2, -0.15) is 0 Å². The zero-order valence-corrected chi connectivity index (χ0v) is 10.4. The van der Waals surface area contributed by atoms with E-state index in [0.29, 0.717) is 6.42 Å². The second kappa shape index (κ2) is 6.53. The Labute approximate surface area is 105 Å². The Morgan fingerprint density at radius 2 is 2.28 bits per heavy atom. The lowest BCUT2D eigenvalue weighted by atomic mass is 10.1. The van der Waals surface area contributed by atoms with Crippen molar-refractivity contribution in [3.05, 3.63) is 23.8 Å². The summed E-state index contributed by atoms with van der Waals surface area (Å²) >= 11 is 0. The Morgan fingerprint density at radius 3 is 2.78 bits per heavy atom. The number of nitrogens with two attached hydrogens (primary N) is 1. The molecule has 0 fully saturated rings. The summed E-state index contributed by atoms with van der Waals surface area (Å²) in [5.74, 6) is -0.419. The van der Waals surface area contributed by atoms with Crippen molar-refractivity contribution in [3.63, 3.8) is 0 Å². The molecule has 0 aliphatic carbocycles. The molecule has 0 spiro atoms. The van der Waals surface area contributed by atoms with Gasteiger partial charge >= 0.3 is 0 Å². The van der Waals surface area contributed by atoms with Crippen LogP contribution in [0, 0.1) is 6.92 Å². The van der Waals surface area contributed by atoms with Crippen molar-refractivity contribution in [3.8, 4) is 0 Å². The second-order valence-electron chi connectivity index (χ2n) is 3.88. The number of aromatic nitrogens is 2. The molecule has 0 bridgehead atoms. The van der Waals surface area contributed by atoms with Crippen molar-refractivity contribution in [2.45, 2.75) is 32.7 Å². The number of hydrogen-bond donors (Lipinski definition) is 3. The largest absolute Gasteiger partial charge is 0.409 e. The molecule has 1 aromatic heterocycles. The first kappa shape index (κ1) is 13.9. The van der Waals surface area contributed by atoms with E-state index in [2.05, 4.69) is 20.4 Å². The molecule has 7 heteroatoms. The van der Waals surface area contributed by atoms with Crippen LogP contribution in [0.4, 0.5) is 0 Å². The molecule has 0 saturated carbocycles. The van der Waals surface area contributed by atoms with Crippen LogP contribution in [0.15, 0.2) is 17.5 Å². The first-order chi connectivity index (χ1) is 8.58. The van der Waals surface area contributed by atoms with Crippen LogP contribution in [-0.2, 0) is 0 Å². The van der Waals surface area contributed by atoms with E-state index in [4.69, 9.17) is 10.9 Å². The predicted molar refractivity (Wildman–Crippen MR) is 66.3 cm³/mol. The molecule has 0 aromatic carbocycles. The van der Waals surface area contributed by atoms with Gasteiger partial charge in [0.2, 0.25) is 0 Å². The fraction of sp³-hybridized carbons (Fsp3) is 0.455. The monoisotopic (exact) mass is 251 g/mol. The van der Waals surface area contributed by atoms with Crippen LogP contribution in [0.2, 0.25) is 0 Å². The molecule has 0 aliphatic heterocycles. The predicted octanol–water partition coefficient (Wildman–Crippen LogP) is 0.430. The molecule has 0 saturated heterocycles. The van der Waals surface area contributed by atoms with Gasteiger partial charge in [0, 0.05) is 6.20 Å². The molecule has 7 nitrogen and oxygen atoms in total. The summed E-state index contributed by atoms with van der Waals surface area (Å²) in [6, 6.07) is -0.504.